The molecule has 1 saturated heterocycles. The maximum absolute atomic E-state index is 11.2. The van der Waals surface area contributed by atoms with Gasteiger partial charge in [-0.15, -0.1) is 5.10 Å². The molecule has 1 aromatic heterocycles. The summed E-state index contributed by atoms with van der Waals surface area (Å²) in [5, 5.41) is 6.75. The monoisotopic (exact) mass is 273 g/mol. The zero-order chi connectivity index (χ0) is 13.3. The first-order valence-electron chi connectivity index (χ1n) is 5.98. The minimum absolute atomic E-state index is 0.107. The first kappa shape index (κ1) is 13.3. The van der Waals surface area contributed by atoms with E-state index in [9.17, 15) is 8.42 Å². The van der Waals surface area contributed by atoms with Crippen molar-refractivity contribution >= 4 is 15.8 Å². The van der Waals surface area contributed by atoms with Gasteiger partial charge in [0.05, 0.1) is 0 Å². The van der Waals surface area contributed by atoms with Crippen LogP contribution in [0.1, 0.15) is 25.6 Å². The predicted octanol–water partition coefficient (Wildman–Crippen LogP) is -0.335. The molecular formula is C10H19N5O2S. The molecule has 0 amide bonds. The third-order valence-electron chi connectivity index (χ3n) is 3.22. The van der Waals surface area contributed by atoms with Crippen LogP contribution in [0.25, 0.3) is 0 Å². The van der Waals surface area contributed by atoms with E-state index in [1.165, 1.54) is 6.26 Å². The topological polar surface area (TPSA) is 105 Å². The Morgan fingerprint density at radius 2 is 2.28 bits per heavy atom. The highest BCUT2D eigenvalue weighted by Gasteiger charge is 2.27. The summed E-state index contributed by atoms with van der Waals surface area (Å²) in [7, 11) is -3.10. The Bertz CT molecular complexity index is 512. The van der Waals surface area contributed by atoms with Crippen LogP contribution in [-0.4, -0.2) is 48.5 Å². The molecule has 2 rings (SSSR count). The fourth-order valence-corrected chi connectivity index (χ4v) is 2.81. The van der Waals surface area contributed by atoms with E-state index in [2.05, 4.69) is 15.2 Å². The first-order chi connectivity index (χ1) is 8.37. The molecule has 0 saturated carbocycles. The molecule has 0 aromatic carbocycles. The van der Waals surface area contributed by atoms with Gasteiger partial charge in [0.2, 0.25) is 5.95 Å². The Kier molecular flexibility index (Phi) is 3.58. The summed E-state index contributed by atoms with van der Waals surface area (Å²) in [6.07, 6.45) is 3.17. The Balaban J connectivity index is 2.14. The van der Waals surface area contributed by atoms with E-state index in [1.54, 1.807) is 0 Å². The molecule has 3 N–H and O–H groups in total. The molecule has 0 spiro atoms. The third-order valence-corrected chi connectivity index (χ3v) is 4.02. The Hall–Kier alpha value is -1.15. The highest BCUT2D eigenvalue weighted by atomic mass is 32.2. The number of H-pyrrole nitrogens is 1. The molecule has 0 bridgehead atoms. The van der Waals surface area contributed by atoms with Crippen molar-refractivity contribution < 1.29 is 8.42 Å². The number of rotatable bonds is 3. The van der Waals surface area contributed by atoms with Crippen molar-refractivity contribution in [2.75, 3.05) is 17.7 Å². The van der Waals surface area contributed by atoms with Gasteiger partial charge in [0.15, 0.2) is 9.84 Å². The molecule has 1 fully saturated rings. The summed E-state index contributed by atoms with van der Waals surface area (Å²) >= 11 is 0. The third kappa shape index (κ3) is 2.99. The SMILES string of the molecule is CC1C(N)CCCN1c1n[nH]c(CS(C)(=O)=O)n1. The molecule has 2 unspecified atom stereocenters. The van der Waals surface area contributed by atoms with Crippen molar-refractivity contribution in [3.05, 3.63) is 5.82 Å². The molecule has 0 radical (unpaired) electrons. The molecule has 1 aliphatic rings. The molecule has 1 aliphatic heterocycles. The van der Waals surface area contributed by atoms with E-state index in [0.29, 0.717) is 11.8 Å². The van der Waals surface area contributed by atoms with Gasteiger partial charge in [0, 0.05) is 24.9 Å². The van der Waals surface area contributed by atoms with E-state index in [-0.39, 0.29) is 17.8 Å². The summed E-state index contributed by atoms with van der Waals surface area (Å²) in [6.45, 7) is 2.89. The van der Waals surface area contributed by atoms with Crippen LogP contribution in [-0.2, 0) is 15.6 Å². The fraction of sp³-hybridized carbons (Fsp3) is 0.800. The number of nitrogens with one attached hydrogen (secondary N) is 1. The Labute approximate surface area is 107 Å². The minimum atomic E-state index is -3.10. The van der Waals surface area contributed by atoms with Crippen molar-refractivity contribution in [3.63, 3.8) is 0 Å². The van der Waals surface area contributed by atoms with Crippen LogP contribution in [0.5, 0.6) is 0 Å². The van der Waals surface area contributed by atoms with Crippen molar-refractivity contribution in [1.29, 1.82) is 0 Å². The van der Waals surface area contributed by atoms with Crippen molar-refractivity contribution in [2.45, 2.75) is 37.6 Å². The van der Waals surface area contributed by atoms with Crippen LogP contribution in [0.2, 0.25) is 0 Å². The van der Waals surface area contributed by atoms with E-state index in [1.807, 2.05) is 11.8 Å². The zero-order valence-electron chi connectivity index (χ0n) is 10.6. The molecule has 2 atom stereocenters. The second-order valence-electron chi connectivity index (χ2n) is 4.89. The van der Waals surface area contributed by atoms with E-state index >= 15 is 0 Å². The predicted molar refractivity (Wildman–Crippen MR) is 68.9 cm³/mol. The van der Waals surface area contributed by atoms with Gasteiger partial charge in [-0.3, -0.25) is 5.10 Å². The fourth-order valence-electron chi connectivity index (χ4n) is 2.18. The van der Waals surface area contributed by atoms with Gasteiger partial charge in [-0.05, 0) is 19.8 Å². The van der Waals surface area contributed by atoms with E-state index < -0.39 is 9.84 Å². The number of nitrogens with zero attached hydrogens (tertiary/aromatic N) is 3. The molecule has 2 heterocycles. The molecular weight excluding hydrogens is 254 g/mol. The molecule has 8 heteroatoms. The Morgan fingerprint density at radius 1 is 1.56 bits per heavy atom. The second kappa shape index (κ2) is 4.85. The zero-order valence-corrected chi connectivity index (χ0v) is 11.4. The number of hydrogen-bond acceptors (Lipinski definition) is 6. The Morgan fingerprint density at radius 3 is 2.94 bits per heavy atom. The quantitative estimate of drug-likeness (QED) is 0.781. The van der Waals surface area contributed by atoms with E-state index in [0.717, 1.165) is 19.4 Å². The number of hydrogen-bond donors (Lipinski definition) is 2. The maximum atomic E-state index is 11.2. The van der Waals surface area contributed by atoms with Crippen LogP contribution in [0.3, 0.4) is 0 Å². The molecule has 18 heavy (non-hydrogen) atoms. The highest BCUT2D eigenvalue weighted by molar-refractivity contribution is 7.89. The summed E-state index contributed by atoms with van der Waals surface area (Å²) in [5.74, 6) is 0.795. The lowest BCUT2D eigenvalue weighted by Gasteiger charge is -2.36. The number of piperidine rings is 1. The van der Waals surface area contributed by atoms with Gasteiger partial charge in [-0.2, -0.15) is 4.98 Å². The molecule has 0 aliphatic carbocycles. The highest BCUT2D eigenvalue weighted by Crippen LogP contribution is 2.20. The smallest absolute Gasteiger partial charge is 0.245 e. The van der Waals surface area contributed by atoms with Gasteiger partial charge in [-0.1, -0.05) is 0 Å². The van der Waals surface area contributed by atoms with Gasteiger partial charge < -0.3 is 10.6 Å². The average Bonchev–Trinajstić information content (AvgIpc) is 2.68. The van der Waals surface area contributed by atoms with Gasteiger partial charge >= 0.3 is 0 Å². The van der Waals surface area contributed by atoms with Crippen LogP contribution >= 0.6 is 0 Å². The lowest BCUT2D eigenvalue weighted by atomic mass is 9.99. The summed E-state index contributed by atoms with van der Waals surface area (Å²) < 4.78 is 22.4. The van der Waals surface area contributed by atoms with Crippen LogP contribution in [0.4, 0.5) is 5.95 Å². The van der Waals surface area contributed by atoms with Crippen LogP contribution in [0, 0.1) is 0 Å². The largest absolute Gasteiger partial charge is 0.335 e. The van der Waals surface area contributed by atoms with Crippen molar-refractivity contribution in [3.8, 4) is 0 Å². The normalized spacial score (nSPS) is 25.4. The number of nitrogens with two attached hydrogens (primary N) is 1. The van der Waals surface area contributed by atoms with Crippen molar-refractivity contribution in [2.24, 2.45) is 5.73 Å². The number of aromatic nitrogens is 3. The van der Waals surface area contributed by atoms with Gasteiger partial charge in [-0.25, -0.2) is 8.42 Å². The summed E-state index contributed by atoms with van der Waals surface area (Å²) in [6, 6.07) is 0.274. The van der Waals surface area contributed by atoms with Gasteiger partial charge in [0.25, 0.3) is 0 Å². The average molecular weight is 273 g/mol. The number of anilines is 1. The molecule has 102 valence electrons. The lowest BCUT2D eigenvalue weighted by molar-refractivity contribution is 0.416. The van der Waals surface area contributed by atoms with Crippen LogP contribution < -0.4 is 10.6 Å². The first-order valence-corrected chi connectivity index (χ1v) is 8.04. The van der Waals surface area contributed by atoms with E-state index in [4.69, 9.17) is 5.73 Å². The molecule has 1 aromatic rings. The maximum Gasteiger partial charge on any atom is 0.245 e. The van der Waals surface area contributed by atoms with Crippen LogP contribution in [0.15, 0.2) is 0 Å². The minimum Gasteiger partial charge on any atom is -0.335 e. The molecule has 7 nitrogen and oxygen atoms in total. The number of aromatic amines is 1. The second-order valence-corrected chi connectivity index (χ2v) is 7.03. The van der Waals surface area contributed by atoms with Gasteiger partial charge in [0.1, 0.15) is 11.6 Å². The lowest BCUT2D eigenvalue weighted by Crippen LogP contribution is -2.51. The summed E-state index contributed by atoms with van der Waals surface area (Å²) in [5.41, 5.74) is 6.01. The standard InChI is InChI=1S/C10H19N5O2S/c1-7-8(11)4-3-5-15(7)10-12-9(13-14-10)6-18(2,16)17/h7-8H,3-6,11H2,1-2H3,(H,12,13,14). The summed E-state index contributed by atoms with van der Waals surface area (Å²) in [4.78, 5) is 6.25. The van der Waals surface area contributed by atoms with Crippen molar-refractivity contribution in [1.82, 2.24) is 15.2 Å². The number of sulfone groups is 1.